The van der Waals surface area contributed by atoms with Gasteiger partial charge in [0.1, 0.15) is 11.4 Å². The minimum Gasteiger partial charge on any atom is -0.465 e. The van der Waals surface area contributed by atoms with Crippen LogP contribution in [0.5, 0.6) is 0 Å². The van der Waals surface area contributed by atoms with Gasteiger partial charge in [0.05, 0.1) is 12.7 Å². The number of halogens is 6. The van der Waals surface area contributed by atoms with E-state index in [1.54, 1.807) is 38.1 Å². The third kappa shape index (κ3) is 5.72. The molecule has 0 bridgehead atoms. The minimum atomic E-state index is -4.96. The number of carbonyl (C=O) groups excluding carboxylic acids is 1. The molecule has 2 aromatic rings. The van der Waals surface area contributed by atoms with E-state index in [0.717, 1.165) is 18.9 Å². The molecule has 0 unspecified atom stereocenters. The van der Waals surface area contributed by atoms with E-state index in [9.17, 15) is 26.7 Å². The number of esters is 1. The fraction of sp³-hybridized carbons (Fsp3) is 0.400. The molecule has 1 aromatic carbocycles. The van der Waals surface area contributed by atoms with E-state index in [1.165, 1.54) is 0 Å². The van der Waals surface area contributed by atoms with Crippen molar-refractivity contribution in [2.24, 2.45) is 5.92 Å². The van der Waals surface area contributed by atoms with Crippen molar-refractivity contribution in [3.05, 3.63) is 56.8 Å². The van der Waals surface area contributed by atoms with E-state index in [2.05, 4.69) is 25.7 Å². The van der Waals surface area contributed by atoms with Gasteiger partial charge in [-0.05, 0) is 51.5 Å². The van der Waals surface area contributed by atoms with Crippen molar-refractivity contribution in [3.8, 4) is 0 Å². The summed E-state index contributed by atoms with van der Waals surface area (Å²) in [6.07, 6.45) is -8.34. The average Bonchev–Trinajstić information content (AvgIpc) is 2.65. The summed E-state index contributed by atoms with van der Waals surface area (Å²) in [5.41, 5.74) is -3.59. The number of hydrogen-bond acceptors (Lipinski definition) is 4. The van der Waals surface area contributed by atoms with Gasteiger partial charge in [0.2, 0.25) is 0 Å². The lowest BCUT2D eigenvalue weighted by Crippen LogP contribution is -2.22. The molecule has 3 nitrogen and oxygen atoms in total. The third-order valence-electron chi connectivity index (χ3n) is 4.13. The molecule has 10 heteroatoms. The molecule has 0 atom stereocenters. The summed E-state index contributed by atoms with van der Waals surface area (Å²) in [6, 6.07) is 6.94. The Hall–Kier alpha value is -1.68. The van der Waals surface area contributed by atoms with Crippen LogP contribution in [-0.2, 0) is 23.1 Å². The summed E-state index contributed by atoms with van der Waals surface area (Å²) in [5.74, 6) is -1.54. The molecule has 1 aromatic heterocycles. The van der Waals surface area contributed by atoms with Gasteiger partial charge in [-0.15, -0.1) is 11.8 Å². The quantitative estimate of drug-likeness (QED) is 0.226. The van der Waals surface area contributed by atoms with Crippen molar-refractivity contribution >= 4 is 33.7 Å². The topological polar surface area (TPSA) is 39.2 Å². The fourth-order valence-electron chi connectivity index (χ4n) is 2.92. The molecule has 0 amide bonds. The van der Waals surface area contributed by atoms with Gasteiger partial charge < -0.3 is 4.74 Å². The Morgan fingerprint density at radius 2 is 1.83 bits per heavy atom. The first kappa shape index (κ1) is 24.6. The van der Waals surface area contributed by atoms with Gasteiger partial charge in [0.25, 0.3) is 6.43 Å². The minimum absolute atomic E-state index is 0.0123. The summed E-state index contributed by atoms with van der Waals surface area (Å²) >= 11 is 4.42. The summed E-state index contributed by atoms with van der Waals surface area (Å²) in [7, 11) is 0.990. The number of thioether (sulfide) groups is 1. The molecule has 0 saturated heterocycles. The zero-order chi connectivity index (χ0) is 22.6. The first-order valence-corrected chi connectivity index (χ1v) is 10.6. The number of carbonyl (C=O) groups is 1. The van der Waals surface area contributed by atoms with Crippen molar-refractivity contribution in [1.82, 2.24) is 4.98 Å². The lowest BCUT2D eigenvalue weighted by molar-refractivity contribution is -0.142. The standard InChI is InChI=1S/C20H19BrF5NO2S/c1-10(2)8-11-12(9-30-14-7-5-4-6-13(14)21)17(20(24,25)26)27-16(18(22)23)15(11)19(28)29-3/h4-7,10,18H,8-9H2,1-3H3. The highest BCUT2D eigenvalue weighted by atomic mass is 79.9. The maximum absolute atomic E-state index is 13.8. The van der Waals surface area contributed by atoms with Crippen LogP contribution in [0, 0.1) is 5.92 Å². The van der Waals surface area contributed by atoms with Crippen LogP contribution in [0.3, 0.4) is 0 Å². The second-order valence-corrected chi connectivity index (χ2v) is 8.66. The normalized spacial score (nSPS) is 12.0. The van der Waals surface area contributed by atoms with Crippen LogP contribution in [0.2, 0.25) is 0 Å². The van der Waals surface area contributed by atoms with Crippen LogP contribution in [-0.4, -0.2) is 18.1 Å². The van der Waals surface area contributed by atoms with Crippen molar-refractivity contribution in [2.75, 3.05) is 7.11 Å². The molecule has 30 heavy (non-hydrogen) atoms. The Morgan fingerprint density at radius 1 is 1.20 bits per heavy atom. The number of hydrogen-bond donors (Lipinski definition) is 0. The molecule has 0 saturated carbocycles. The highest BCUT2D eigenvalue weighted by molar-refractivity contribution is 9.10. The van der Waals surface area contributed by atoms with Gasteiger partial charge in [-0.25, -0.2) is 18.6 Å². The van der Waals surface area contributed by atoms with Gasteiger partial charge in [-0.2, -0.15) is 13.2 Å². The van der Waals surface area contributed by atoms with Gasteiger partial charge >= 0.3 is 12.1 Å². The first-order valence-electron chi connectivity index (χ1n) is 8.83. The van der Waals surface area contributed by atoms with Crippen molar-refractivity contribution in [1.29, 1.82) is 0 Å². The third-order valence-corrected chi connectivity index (χ3v) is 6.18. The maximum atomic E-state index is 13.8. The van der Waals surface area contributed by atoms with Crippen LogP contribution in [0.1, 0.15) is 53.1 Å². The van der Waals surface area contributed by atoms with Crippen molar-refractivity contribution < 1.29 is 31.5 Å². The molecule has 1 heterocycles. The zero-order valence-electron chi connectivity index (χ0n) is 16.3. The molecular weight excluding hydrogens is 493 g/mol. The molecule has 164 valence electrons. The van der Waals surface area contributed by atoms with Crippen LogP contribution in [0.25, 0.3) is 0 Å². The van der Waals surface area contributed by atoms with E-state index in [1.807, 2.05) is 0 Å². The monoisotopic (exact) mass is 511 g/mol. The number of rotatable bonds is 7. The number of nitrogens with zero attached hydrogens (tertiary/aromatic N) is 1. The second kappa shape index (κ2) is 10.1. The van der Waals surface area contributed by atoms with E-state index in [4.69, 9.17) is 0 Å². The summed E-state index contributed by atoms with van der Waals surface area (Å²) in [5, 5.41) is 0. The molecular formula is C20H19BrF5NO2S. The SMILES string of the molecule is COC(=O)c1c(C(F)F)nc(C(F)(F)F)c(CSc2ccccc2Br)c1CC(C)C. The second-order valence-electron chi connectivity index (χ2n) is 6.78. The fourth-order valence-corrected chi connectivity index (χ4v) is 4.53. The van der Waals surface area contributed by atoms with Gasteiger partial charge in [-0.1, -0.05) is 26.0 Å². The molecule has 0 aliphatic heterocycles. The van der Waals surface area contributed by atoms with Crippen molar-refractivity contribution in [3.63, 3.8) is 0 Å². The predicted octanol–water partition coefficient (Wildman–Crippen LogP) is 7.08. The van der Waals surface area contributed by atoms with Crippen LogP contribution in [0.15, 0.2) is 33.6 Å². The van der Waals surface area contributed by atoms with E-state index < -0.39 is 35.5 Å². The van der Waals surface area contributed by atoms with Crippen LogP contribution >= 0.6 is 27.7 Å². The van der Waals surface area contributed by atoms with E-state index >= 15 is 0 Å². The van der Waals surface area contributed by atoms with E-state index in [-0.39, 0.29) is 29.2 Å². The van der Waals surface area contributed by atoms with Crippen molar-refractivity contribution in [2.45, 2.75) is 43.5 Å². The summed E-state index contributed by atoms with van der Waals surface area (Å²) < 4.78 is 73.8. The molecule has 0 N–H and O–H groups in total. The first-order chi connectivity index (χ1) is 14.0. The highest BCUT2D eigenvalue weighted by Crippen LogP contribution is 2.41. The summed E-state index contributed by atoms with van der Waals surface area (Å²) in [6.45, 7) is 3.45. The molecule has 0 radical (unpaired) electrons. The molecule has 2 rings (SSSR count). The van der Waals surface area contributed by atoms with Gasteiger partial charge in [0, 0.05) is 15.1 Å². The average molecular weight is 512 g/mol. The van der Waals surface area contributed by atoms with Gasteiger partial charge in [0.15, 0.2) is 0 Å². The smallest absolute Gasteiger partial charge is 0.433 e. The lowest BCUT2D eigenvalue weighted by atomic mass is 9.91. The molecule has 0 spiro atoms. The highest BCUT2D eigenvalue weighted by Gasteiger charge is 2.40. The Kier molecular flexibility index (Phi) is 8.27. The number of aromatic nitrogens is 1. The number of ether oxygens (including phenoxy) is 1. The Morgan fingerprint density at radius 3 is 2.33 bits per heavy atom. The van der Waals surface area contributed by atoms with Crippen LogP contribution in [0.4, 0.5) is 22.0 Å². The Balaban J connectivity index is 2.77. The Labute approximate surface area is 183 Å². The zero-order valence-corrected chi connectivity index (χ0v) is 18.7. The number of pyridine rings is 1. The van der Waals surface area contributed by atoms with Gasteiger partial charge in [-0.3, -0.25) is 0 Å². The lowest BCUT2D eigenvalue weighted by Gasteiger charge is -2.22. The molecule has 0 aliphatic carbocycles. The molecule has 0 aliphatic rings. The maximum Gasteiger partial charge on any atom is 0.433 e. The number of methoxy groups -OCH3 is 1. The largest absolute Gasteiger partial charge is 0.465 e. The number of benzene rings is 1. The Bertz CT molecular complexity index is 919. The van der Waals surface area contributed by atoms with Crippen LogP contribution < -0.4 is 0 Å². The summed E-state index contributed by atoms with van der Waals surface area (Å²) in [4.78, 5) is 16.2. The predicted molar refractivity (Wildman–Crippen MR) is 108 cm³/mol. The number of alkyl halides is 5. The van der Waals surface area contributed by atoms with E-state index in [0.29, 0.717) is 9.37 Å². The molecule has 0 fully saturated rings.